The van der Waals surface area contributed by atoms with Crippen LogP contribution in [0.3, 0.4) is 0 Å². The van der Waals surface area contributed by atoms with Crippen LogP contribution in [-0.4, -0.2) is 17.6 Å². The third-order valence-corrected chi connectivity index (χ3v) is 0.562. The van der Waals surface area contributed by atoms with Gasteiger partial charge in [0.2, 0.25) is 18.3 Å². The molecular formula is C4H3N5. The lowest BCUT2D eigenvalue weighted by atomic mass is 10.8. The number of nitriles is 2. The molecule has 44 valence electrons. The molecule has 0 radical (unpaired) electrons. The molecular weight excluding hydrogens is 118 g/mol. The molecule has 0 heterocycles. The summed E-state index contributed by atoms with van der Waals surface area (Å²) in [7, 11) is 0. The largest absolute Gasteiger partial charge is 0.266 e. The van der Waals surface area contributed by atoms with Crippen molar-refractivity contribution in [3.8, 4) is 12.4 Å². The maximum atomic E-state index is 8.05. The highest BCUT2D eigenvalue weighted by atomic mass is 15.2. The molecule has 5 nitrogen and oxygen atoms in total. The molecule has 9 heavy (non-hydrogen) atoms. The van der Waals surface area contributed by atoms with Gasteiger partial charge in [0.05, 0.1) is 0 Å². The van der Waals surface area contributed by atoms with Crippen LogP contribution in [0.4, 0.5) is 0 Å². The predicted molar refractivity (Wildman–Crippen MR) is 30.3 cm³/mol. The molecule has 0 aliphatic heterocycles. The van der Waals surface area contributed by atoms with Gasteiger partial charge >= 0.3 is 0 Å². The summed E-state index contributed by atoms with van der Waals surface area (Å²) >= 11 is 0. The van der Waals surface area contributed by atoms with Crippen molar-refractivity contribution in [3.63, 3.8) is 0 Å². The van der Waals surface area contributed by atoms with Crippen molar-refractivity contribution in [3.05, 3.63) is 0 Å². The fourth-order valence-electron chi connectivity index (χ4n) is 0.188. The van der Waals surface area contributed by atoms with E-state index >= 15 is 0 Å². The zero-order chi connectivity index (χ0) is 7.28. The average molecular weight is 121 g/mol. The van der Waals surface area contributed by atoms with E-state index in [-0.39, 0.29) is 0 Å². The van der Waals surface area contributed by atoms with Crippen LogP contribution >= 0.6 is 0 Å². The number of rotatable bonds is 0. The topological polar surface area (TPSA) is 87.0 Å². The highest BCUT2D eigenvalue weighted by molar-refractivity contribution is 5.83. The molecule has 0 atom stereocenters. The Kier molecular flexibility index (Phi) is 2.50. The lowest BCUT2D eigenvalue weighted by Crippen LogP contribution is -2.16. The van der Waals surface area contributed by atoms with Crippen LogP contribution in [-0.2, 0) is 0 Å². The Hall–Kier alpha value is -1.88. The van der Waals surface area contributed by atoms with E-state index < -0.39 is 5.96 Å². The maximum absolute atomic E-state index is 8.05. The van der Waals surface area contributed by atoms with Crippen LogP contribution in [0, 0.1) is 28.3 Å². The van der Waals surface area contributed by atoms with Gasteiger partial charge in [0, 0.05) is 0 Å². The molecule has 0 bridgehead atoms. The first-order valence-corrected chi connectivity index (χ1v) is 1.91. The predicted octanol–water partition coefficient (Wildman–Crippen LogP) is -0.114. The number of hydrogen-bond donors (Lipinski definition) is 1. The van der Waals surface area contributed by atoms with Crippen molar-refractivity contribution in [2.24, 2.45) is 4.99 Å². The minimum absolute atomic E-state index is 0.438. The summed E-state index contributed by atoms with van der Waals surface area (Å²) in [6.07, 6.45) is 2.83. The minimum atomic E-state index is -0.458. The molecule has 5 heteroatoms. The number of hydrogen-bond acceptors (Lipinski definition) is 3. The van der Waals surface area contributed by atoms with Crippen molar-refractivity contribution < 1.29 is 0 Å². The summed E-state index contributed by atoms with van der Waals surface area (Å²) in [5.74, 6) is -0.458. The van der Waals surface area contributed by atoms with E-state index in [0.717, 1.165) is 0 Å². The minimum Gasteiger partial charge on any atom is -0.266 e. The van der Waals surface area contributed by atoms with Crippen LogP contribution in [0.5, 0.6) is 0 Å². The number of nitrogens with one attached hydrogen (secondary N) is 1. The van der Waals surface area contributed by atoms with Crippen molar-refractivity contribution in [1.82, 2.24) is 4.90 Å². The Bertz CT molecular complexity index is 190. The van der Waals surface area contributed by atoms with Gasteiger partial charge in [0.1, 0.15) is 0 Å². The average Bonchev–Trinajstić information content (AvgIpc) is 1.90. The van der Waals surface area contributed by atoms with E-state index in [2.05, 4.69) is 11.7 Å². The zero-order valence-electron chi connectivity index (χ0n) is 4.50. The van der Waals surface area contributed by atoms with E-state index in [1.54, 1.807) is 0 Å². The van der Waals surface area contributed by atoms with E-state index in [1.165, 1.54) is 12.4 Å². The van der Waals surface area contributed by atoms with Gasteiger partial charge in [-0.25, -0.2) is 4.99 Å². The Balaban J connectivity index is 4.21. The highest BCUT2D eigenvalue weighted by Crippen LogP contribution is 1.82. The third-order valence-electron chi connectivity index (χ3n) is 0.562. The van der Waals surface area contributed by atoms with E-state index in [1.807, 2.05) is 0 Å². The number of nitrogens with zero attached hydrogens (tertiary/aromatic N) is 4. The smallest absolute Gasteiger partial charge is 0.244 e. The molecule has 0 rings (SSSR count). The standard InChI is InChI=1S/C4H3N5/c1-8-4(7)9(2-5)3-6/h7H,1H2. The van der Waals surface area contributed by atoms with Gasteiger partial charge in [-0.1, -0.05) is 0 Å². The summed E-state index contributed by atoms with van der Waals surface area (Å²) in [6, 6.07) is 0. The van der Waals surface area contributed by atoms with Gasteiger partial charge in [-0.15, -0.1) is 4.90 Å². The first-order chi connectivity index (χ1) is 4.26. The molecule has 0 aliphatic carbocycles. The van der Waals surface area contributed by atoms with Gasteiger partial charge in [-0.05, 0) is 6.72 Å². The fraction of sp³-hybridized carbons (Fsp3) is 0. The lowest BCUT2D eigenvalue weighted by Gasteiger charge is -1.96. The molecule has 0 fully saturated rings. The molecule has 0 unspecified atom stereocenters. The molecule has 0 aliphatic rings. The fourth-order valence-corrected chi connectivity index (χ4v) is 0.188. The maximum Gasteiger partial charge on any atom is 0.244 e. The molecule has 0 spiro atoms. The lowest BCUT2D eigenvalue weighted by molar-refractivity contribution is 0.785. The number of aliphatic imine (C=N–C) groups is 1. The summed E-state index contributed by atoms with van der Waals surface area (Å²) in [4.78, 5) is 3.48. The van der Waals surface area contributed by atoms with Gasteiger partial charge in [-0.3, -0.25) is 5.41 Å². The first kappa shape index (κ1) is 7.12. The normalized spacial score (nSPS) is 6.44. The van der Waals surface area contributed by atoms with Crippen LogP contribution < -0.4 is 0 Å². The second-order valence-electron chi connectivity index (χ2n) is 1.02. The van der Waals surface area contributed by atoms with Crippen LogP contribution in [0.1, 0.15) is 0 Å². The summed E-state index contributed by atoms with van der Waals surface area (Å²) in [5, 5.41) is 22.9. The second-order valence-corrected chi connectivity index (χ2v) is 1.02. The van der Waals surface area contributed by atoms with E-state index in [0.29, 0.717) is 4.90 Å². The van der Waals surface area contributed by atoms with Crippen LogP contribution in [0.25, 0.3) is 0 Å². The van der Waals surface area contributed by atoms with Crippen LogP contribution in [0.2, 0.25) is 0 Å². The molecule has 0 amide bonds. The summed E-state index contributed by atoms with van der Waals surface area (Å²) in [6.45, 7) is 2.96. The van der Waals surface area contributed by atoms with Crippen molar-refractivity contribution >= 4 is 12.7 Å². The molecule has 0 aromatic rings. The molecule has 0 saturated carbocycles. The Labute approximate surface area is 52.0 Å². The first-order valence-electron chi connectivity index (χ1n) is 1.91. The Morgan fingerprint density at radius 3 is 2.11 bits per heavy atom. The Morgan fingerprint density at radius 2 is 2.00 bits per heavy atom. The molecule has 1 N–H and O–H groups in total. The van der Waals surface area contributed by atoms with E-state index in [4.69, 9.17) is 15.9 Å². The number of guanidine groups is 1. The summed E-state index contributed by atoms with van der Waals surface area (Å²) < 4.78 is 0. The Morgan fingerprint density at radius 1 is 1.56 bits per heavy atom. The van der Waals surface area contributed by atoms with Gasteiger partial charge in [0.15, 0.2) is 0 Å². The van der Waals surface area contributed by atoms with Gasteiger partial charge in [-0.2, -0.15) is 10.5 Å². The van der Waals surface area contributed by atoms with Crippen molar-refractivity contribution in [2.75, 3.05) is 0 Å². The van der Waals surface area contributed by atoms with Crippen LogP contribution in [0.15, 0.2) is 4.99 Å². The van der Waals surface area contributed by atoms with Crippen molar-refractivity contribution in [1.29, 1.82) is 15.9 Å². The quantitative estimate of drug-likeness (QED) is 0.210. The zero-order valence-corrected chi connectivity index (χ0v) is 4.50. The molecule has 0 saturated heterocycles. The second kappa shape index (κ2) is 3.16. The monoisotopic (exact) mass is 121 g/mol. The third kappa shape index (κ3) is 1.58. The summed E-state index contributed by atoms with van der Waals surface area (Å²) in [5.41, 5.74) is 0. The van der Waals surface area contributed by atoms with Crippen molar-refractivity contribution in [2.45, 2.75) is 0 Å². The SMILES string of the molecule is C=NC(=N)N(C#N)C#N. The molecule has 0 aromatic carbocycles. The van der Waals surface area contributed by atoms with E-state index in [9.17, 15) is 0 Å². The highest BCUT2D eigenvalue weighted by Gasteiger charge is 2.02. The van der Waals surface area contributed by atoms with Gasteiger partial charge < -0.3 is 0 Å². The molecule has 0 aromatic heterocycles. The van der Waals surface area contributed by atoms with Gasteiger partial charge in [0.25, 0.3) is 0 Å².